The number of carbonyl (C=O) groups is 1. The van der Waals surface area contributed by atoms with Crippen molar-refractivity contribution in [2.45, 2.75) is 37.7 Å². The number of amides is 1. The van der Waals surface area contributed by atoms with Gasteiger partial charge in [-0.25, -0.2) is 8.42 Å². The summed E-state index contributed by atoms with van der Waals surface area (Å²) in [5, 5.41) is 3.11. The topological polar surface area (TPSA) is 84.9 Å². The van der Waals surface area contributed by atoms with E-state index in [0.29, 0.717) is 37.6 Å². The molecule has 1 heterocycles. The van der Waals surface area contributed by atoms with E-state index in [2.05, 4.69) is 17.4 Å². The second kappa shape index (κ2) is 10.4. The number of ether oxygens (including phenoxy) is 2. The van der Waals surface area contributed by atoms with Crippen molar-refractivity contribution < 1.29 is 22.7 Å². The number of benzene rings is 2. The lowest BCUT2D eigenvalue weighted by atomic mass is 9.74. The minimum atomic E-state index is -3.34. The van der Waals surface area contributed by atoms with Crippen molar-refractivity contribution in [1.82, 2.24) is 5.32 Å². The van der Waals surface area contributed by atoms with Crippen LogP contribution in [0.1, 0.15) is 31.7 Å². The molecule has 7 nitrogen and oxygen atoms in total. The fourth-order valence-corrected chi connectivity index (χ4v) is 4.41. The minimum Gasteiger partial charge on any atom is -0.481 e. The van der Waals surface area contributed by atoms with E-state index in [0.717, 1.165) is 19.1 Å². The summed E-state index contributed by atoms with van der Waals surface area (Å²) < 4.78 is 36.1. The number of hydrogen-bond acceptors (Lipinski definition) is 5. The van der Waals surface area contributed by atoms with E-state index in [1.54, 1.807) is 24.3 Å². The van der Waals surface area contributed by atoms with E-state index in [1.165, 1.54) is 16.9 Å². The Bertz CT molecular complexity index is 987. The molecule has 0 saturated carbocycles. The van der Waals surface area contributed by atoms with Gasteiger partial charge in [-0.2, -0.15) is 0 Å². The van der Waals surface area contributed by atoms with Crippen LogP contribution in [0.2, 0.25) is 0 Å². The van der Waals surface area contributed by atoms with Crippen LogP contribution in [0.25, 0.3) is 0 Å². The molecule has 32 heavy (non-hydrogen) atoms. The Morgan fingerprint density at radius 3 is 2.31 bits per heavy atom. The SMILES string of the molecule is CCC(Oc1ccc(N(C)S(C)(=O)=O)cc1)C(=O)NCC1(c2ccccc2)CCOCC1. The van der Waals surface area contributed by atoms with Crippen LogP contribution < -0.4 is 14.4 Å². The van der Waals surface area contributed by atoms with Gasteiger partial charge in [0.1, 0.15) is 5.75 Å². The monoisotopic (exact) mass is 460 g/mol. The predicted molar refractivity (Wildman–Crippen MR) is 126 cm³/mol. The molecule has 1 fully saturated rings. The van der Waals surface area contributed by atoms with Gasteiger partial charge >= 0.3 is 0 Å². The molecule has 2 aromatic carbocycles. The van der Waals surface area contributed by atoms with Crippen molar-refractivity contribution in [2.75, 3.05) is 37.4 Å². The average Bonchev–Trinajstić information content (AvgIpc) is 2.81. The summed E-state index contributed by atoms with van der Waals surface area (Å²) in [5.41, 5.74) is 1.59. The van der Waals surface area contributed by atoms with Crippen molar-refractivity contribution in [3.8, 4) is 5.75 Å². The van der Waals surface area contributed by atoms with Gasteiger partial charge in [-0.05, 0) is 49.1 Å². The number of sulfonamides is 1. The van der Waals surface area contributed by atoms with Crippen molar-refractivity contribution >= 4 is 21.6 Å². The van der Waals surface area contributed by atoms with E-state index in [-0.39, 0.29) is 11.3 Å². The van der Waals surface area contributed by atoms with Crippen LogP contribution in [0.5, 0.6) is 5.75 Å². The van der Waals surface area contributed by atoms with Crippen LogP contribution >= 0.6 is 0 Å². The van der Waals surface area contributed by atoms with Crippen LogP contribution in [-0.4, -0.2) is 53.5 Å². The Kier molecular flexibility index (Phi) is 7.79. The Morgan fingerprint density at radius 1 is 1.12 bits per heavy atom. The normalized spacial score (nSPS) is 16.7. The van der Waals surface area contributed by atoms with Gasteiger partial charge in [0.2, 0.25) is 10.0 Å². The number of rotatable bonds is 9. The zero-order valence-electron chi connectivity index (χ0n) is 18.9. The first-order valence-electron chi connectivity index (χ1n) is 10.9. The van der Waals surface area contributed by atoms with E-state index in [9.17, 15) is 13.2 Å². The fraction of sp³-hybridized carbons (Fsp3) is 0.458. The number of nitrogens with one attached hydrogen (secondary N) is 1. The quantitative estimate of drug-likeness (QED) is 0.622. The number of hydrogen-bond donors (Lipinski definition) is 1. The molecule has 2 aromatic rings. The van der Waals surface area contributed by atoms with Gasteiger partial charge < -0.3 is 14.8 Å². The first-order valence-corrected chi connectivity index (χ1v) is 12.7. The second-order valence-corrected chi connectivity index (χ2v) is 10.2. The third-order valence-corrected chi connectivity index (χ3v) is 7.28. The molecule has 1 saturated heterocycles. The maximum atomic E-state index is 12.9. The minimum absolute atomic E-state index is 0.147. The summed E-state index contributed by atoms with van der Waals surface area (Å²) in [6, 6.07) is 16.9. The Morgan fingerprint density at radius 2 is 1.75 bits per heavy atom. The molecule has 0 spiro atoms. The van der Waals surface area contributed by atoms with Crippen molar-refractivity contribution in [2.24, 2.45) is 0 Å². The molecule has 0 bridgehead atoms. The highest BCUT2D eigenvalue weighted by atomic mass is 32.2. The predicted octanol–water partition coefficient (Wildman–Crippen LogP) is 3.10. The van der Waals surface area contributed by atoms with Crippen LogP contribution in [0.15, 0.2) is 54.6 Å². The fourth-order valence-electron chi connectivity index (χ4n) is 3.90. The Labute approximate surface area is 190 Å². The zero-order chi connectivity index (χ0) is 23.2. The smallest absolute Gasteiger partial charge is 0.261 e. The number of carbonyl (C=O) groups excluding carboxylic acids is 1. The van der Waals surface area contributed by atoms with Gasteiger partial charge in [0.15, 0.2) is 6.10 Å². The largest absolute Gasteiger partial charge is 0.481 e. The first kappa shape index (κ1) is 24.1. The van der Waals surface area contributed by atoms with Crippen molar-refractivity contribution in [3.63, 3.8) is 0 Å². The Hall–Kier alpha value is -2.58. The molecule has 0 radical (unpaired) electrons. The van der Waals surface area contributed by atoms with Crippen LogP contribution in [-0.2, 0) is 25.0 Å². The lowest BCUT2D eigenvalue weighted by molar-refractivity contribution is -0.128. The summed E-state index contributed by atoms with van der Waals surface area (Å²) in [6.07, 6.45) is 2.73. The van der Waals surface area contributed by atoms with Crippen molar-refractivity contribution in [1.29, 1.82) is 0 Å². The molecule has 174 valence electrons. The first-order chi connectivity index (χ1) is 15.2. The van der Waals surface area contributed by atoms with Gasteiger partial charge in [-0.3, -0.25) is 9.10 Å². The highest BCUT2D eigenvalue weighted by Crippen LogP contribution is 2.34. The second-order valence-electron chi connectivity index (χ2n) is 8.22. The molecule has 1 amide bonds. The maximum absolute atomic E-state index is 12.9. The summed E-state index contributed by atoms with van der Waals surface area (Å²) >= 11 is 0. The molecule has 0 aliphatic carbocycles. The standard InChI is InChI=1S/C24H32N2O5S/c1-4-22(31-21-12-10-20(11-13-21)26(2)32(3,28)29)23(27)25-18-24(14-16-30-17-15-24)19-8-6-5-7-9-19/h5-13,22H,4,14-18H2,1-3H3,(H,25,27). The summed E-state index contributed by atoms with van der Waals surface area (Å²) in [5.74, 6) is 0.355. The van der Waals surface area contributed by atoms with Crippen molar-refractivity contribution in [3.05, 3.63) is 60.2 Å². The van der Waals surface area contributed by atoms with Gasteiger partial charge in [0, 0.05) is 32.2 Å². The third kappa shape index (κ3) is 5.81. The molecular formula is C24H32N2O5S. The molecule has 1 aliphatic heterocycles. The molecule has 3 rings (SSSR count). The van der Waals surface area contributed by atoms with E-state index in [4.69, 9.17) is 9.47 Å². The number of nitrogens with zero attached hydrogens (tertiary/aromatic N) is 1. The molecule has 8 heteroatoms. The molecule has 1 atom stereocenters. The van der Waals surface area contributed by atoms with Crippen LogP contribution in [0.3, 0.4) is 0 Å². The van der Waals surface area contributed by atoms with Gasteiger partial charge in [0.05, 0.1) is 11.9 Å². The average molecular weight is 461 g/mol. The summed E-state index contributed by atoms with van der Waals surface area (Å²) in [4.78, 5) is 12.9. The summed E-state index contributed by atoms with van der Waals surface area (Å²) in [6.45, 7) is 3.77. The molecule has 0 aromatic heterocycles. The van der Waals surface area contributed by atoms with Gasteiger partial charge in [-0.1, -0.05) is 37.3 Å². The lowest BCUT2D eigenvalue weighted by Gasteiger charge is -2.38. The van der Waals surface area contributed by atoms with Gasteiger partial charge in [-0.15, -0.1) is 0 Å². The maximum Gasteiger partial charge on any atom is 0.261 e. The van der Waals surface area contributed by atoms with Gasteiger partial charge in [0.25, 0.3) is 5.91 Å². The highest BCUT2D eigenvalue weighted by molar-refractivity contribution is 7.92. The molecule has 1 unspecified atom stereocenters. The third-order valence-electron chi connectivity index (χ3n) is 6.08. The highest BCUT2D eigenvalue weighted by Gasteiger charge is 2.35. The Balaban J connectivity index is 1.65. The van der Waals surface area contributed by atoms with Crippen LogP contribution in [0.4, 0.5) is 5.69 Å². The van der Waals surface area contributed by atoms with E-state index in [1.807, 2.05) is 25.1 Å². The van der Waals surface area contributed by atoms with Crippen LogP contribution in [0, 0.1) is 0 Å². The molecule has 1 N–H and O–H groups in total. The van der Waals surface area contributed by atoms with E-state index < -0.39 is 16.1 Å². The lowest BCUT2D eigenvalue weighted by Crippen LogP contribution is -2.48. The molecule has 1 aliphatic rings. The van der Waals surface area contributed by atoms with E-state index >= 15 is 0 Å². The number of anilines is 1. The molecular weight excluding hydrogens is 428 g/mol. The summed E-state index contributed by atoms with van der Waals surface area (Å²) in [7, 11) is -1.84. The zero-order valence-corrected chi connectivity index (χ0v) is 19.7.